The quantitative estimate of drug-likeness (QED) is 0.211. The van der Waals surface area contributed by atoms with Crippen molar-refractivity contribution in [1.29, 1.82) is 0 Å². The summed E-state index contributed by atoms with van der Waals surface area (Å²) in [6.45, 7) is 8.17. The van der Waals surface area contributed by atoms with Gasteiger partial charge in [-0.1, -0.05) is 34.1 Å². The second-order valence-electron chi connectivity index (χ2n) is 8.78. The molecule has 1 fully saturated rings. The van der Waals surface area contributed by atoms with Crippen molar-refractivity contribution < 1.29 is 29.1 Å². The second-order valence-corrected chi connectivity index (χ2v) is 8.78. The zero-order valence-electron chi connectivity index (χ0n) is 19.3. The van der Waals surface area contributed by atoms with E-state index in [4.69, 9.17) is 5.73 Å². The molecule has 0 spiro atoms. The molecule has 0 radical (unpaired) electrons. The number of hydrogen-bond acceptors (Lipinski definition) is 6. The third-order valence-corrected chi connectivity index (χ3v) is 5.53. The molecule has 11 heteroatoms. The van der Waals surface area contributed by atoms with Gasteiger partial charge in [0.25, 0.3) is 0 Å². The Labute approximate surface area is 188 Å². The van der Waals surface area contributed by atoms with Gasteiger partial charge in [-0.15, -0.1) is 0 Å². The molecule has 5 atom stereocenters. The SMILES string of the molecule is CCC(C)C(NC(=O)C1CCCN1)C(=O)NC(CC(C)C)C(=O)NC(CC(N)=O)C(=O)O. The summed E-state index contributed by atoms with van der Waals surface area (Å²) in [6, 6.07) is -3.73. The highest BCUT2D eigenvalue weighted by Gasteiger charge is 2.34. The highest BCUT2D eigenvalue weighted by atomic mass is 16.4. The maximum absolute atomic E-state index is 13.1. The van der Waals surface area contributed by atoms with Crippen LogP contribution >= 0.6 is 0 Å². The average Bonchev–Trinajstić information content (AvgIpc) is 3.24. The van der Waals surface area contributed by atoms with Crippen LogP contribution in [0.15, 0.2) is 0 Å². The highest BCUT2D eigenvalue weighted by Crippen LogP contribution is 2.13. The molecular formula is C21H37N5O6. The van der Waals surface area contributed by atoms with Crippen LogP contribution in [0.1, 0.15) is 59.8 Å². The first-order valence-electron chi connectivity index (χ1n) is 11.1. The summed E-state index contributed by atoms with van der Waals surface area (Å²) in [5.41, 5.74) is 5.06. The molecule has 0 bridgehead atoms. The third-order valence-electron chi connectivity index (χ3n) is 5.53. The van der Waals surface area contributed by atoms with Crippen molar-refractivity contribution in [3.8, 4) is 0 Å². The van der Waals surface area contributed by atoms with Crippen molar-refractivity contribution in [2.45, 2.75) is 84.0 Å². The van der Waals surface area contributed by atoms with Gasteiger partial charge in [0.15, 0.2) is 0 Å². The summed E-state index contributed by atoms with van der Waals surface area (Å²) < 4.78 is 0. The molecule has 0 saturated carbocycles. The lowest BCUT2D eigenvalue weighted by molar-refractivity contribution is -0.144. The van der Waals surface area contributed by atoms with Gasteiger partial charge in [-0.3, -0.25) is 19.2 Å². The first-order valence-corrected chi connectivity index (χ1v) is 11.1. The Morgan fingerprint density at radius 3 is 2.12 bits per heavy atom. The largest absolute Gasteiger partial charge is 0.480 e. The first kappa shape index (κ1) is 27.3. The number of carbonyl (C=O) groups is 5. The standard InChI is InChI=1S/C21H37N5O6/c1-5-12(4)17(26-18(28)13-7-6-8-23-13)20(30)24-14(9-11(2)3)19(29)25-15(21(31)32)10-16(22)27/h11-15,17,23H,5-10H2,1-4H3,(H2,22,27)(H,24,30)(H,25,29)(H,26,28)(H,31,32). The number of carbonyl (C=O) groups excluding carboxylic acids is 4. The zero-order valence-corrected chi connectivity index (χ0v) is 19.3. The summed E-state index contributed by atoms with van der Waals surface area (Å²) >= 11 is 0. The molecule has 11 nitrogen and oxygen atoms in total. The van der Waals surface area contributed by atoms with Crippen LogP contribution in [0.2, 0.25) is 0 Å². The fraction of sp³-hybridized carbons (Fsp3) is 0.762. The van der Waals surface area contributed by atoms with Crippen molar-refractivity contribution in [1.82, 2.24) is 21.3 Å². The van der Waals surface area contributed by atoms with Crippen molar-refractivity contribution in [2.75, 3.05) is 6.54 Å². The zero-order chi connectivity index (χ0) is 24.4. The van der Waals surface area contributed by atoms with Gasteiger partial charge in [-0.25, -0.2) is 4.79 Å². The smallest absolute Gasteiger partial charge is 0.326 e. The summed E-state index contributed by atoms with van der Waals surface area (Å²) in [4.78, 5) is 60.9. The van der Waals surface area contributed by atoms with Gasteiger partial charge in [0.05, 0.1) is 12.5 Å². The van der Waals surface area contributed by atoms with Gasteiger partial charge in [0, 0.05) is 0 Å². The third kappa shape index (κ3) is 8.81. The second kappa shape index (κ2) is 13.0. The maximum Gasteiger partial charge on any atom is 0.326 e. The molecule has 1 saturated heterocycles. The van der Waals surface area contributed by atoms with E-state index in [-0.39, 0.29) is 30.2 Å². The Morgan fingerprint density at radius 1 is 1.03 bits per heavy atom. The van der Waals surface area contributed by atoms with E-state index >= 15 is 0 Å². The predicted molar refractivity (Wildman–Crippen MR) is 117 cm³/mol. The summed E-state index contributed by atoms with van der Waals surface area (Å²) in [7, 11) is 0. The van der Waals surface area contributed by atoms with E-state index in [0.717, 1.165) is 13.0 Å². The molecule has 0 aromatic heterocycles. The van der Waals surface area contributed by atoms with Crippen LogP contribution in [0, 0.1) is 11.8 Å². The number of nitrogens with two attached hydrogens (primary N) is 1. The summed E-state index contributed by atoms with van der Waals surface area (Å²) in [6.07, 6.45) is 1.87. The molecule has 182 valence electrons. The van der Waals surface area contributed by atoms with Gasteiger partial charge in [-0.2, -0.15) is 0 Å². The van der Waals surface area contributed by atoms with Crippen LogP contribution in [0.3, 0.4) is 0 Å². The Balaban J connectivity index is 2.95. The molecule has 0 aromatic carbocycles. The average molecular weight is 456 g/mol. The van der Waals surface area contributed by atoms with Crippen LogP contribution in [-0.2, 0) is 24.0 Å². The van der Waals surface area contributed by atoms with Gasteiger partial charge in [0.2, 0.25) is 23.6 Å². The predicted octanol–water partition coefficient (Wildman–Crippen LogP) is -0.755. The number of rotatable bonds is 13. The Morgan fingerprint density at radius 2 is 1.66 bits per heavy atom. The van der Waals surface area contributed by atoms with Gasteiger partial charge >= 0.3 is 5.97 Å². The van der Waals surface area contributed by atoms with Crippen molar-refractivity contribution in [2.24, 2.45) is 17.6 Å². The van der Waals surface area contributed by atoms with Gasteiger partial charge in [0.1, 0.15) is 18.1 Å². The lowest BCUT2D eigenvalue weighted by Crippen LogP contribution is -2.59. The van der Waals surface area contributed by atoms with Crippen LogP contribution < -0.4 is 27.0 Å². The highest BCUT2D eigenvalue weighted by molar-refractivity contribution is 5.95. The van der Waals surface area contributed by atoms with Crippen molar-refractivity contribution in [3.63, 3.8) is 0 Å². The molecule has 0 aliphatic carbocycles. The molecule has 1 heterocycles. The van der Waals surface area contributed by atoms with Crippen LogP contribution in [-0.4, -0.2) is 65.4 Å². The normalized spacial score (nSPS) is 19.5. The lowest BCUT2D eigenvalue weighted by atomic mass is 9.96. The van der Waals surface area contributed by atoms with E-state index in [0.29, 0.717) is 12.8 Å². The number of carboxylic acid groups (broad SMARTS) is 1. The van der Waals surface area contributed by atoms with E-state index in [1.807, 2.05) is 27.7 Å². The lowest BCUT2D eigenvalue weighted by Gasteiger charge is -2.28. The summed E-state index contributed by atoms with van der Waals surface area (Å²) in [5.74, 6) is -3.97. The molecule has 32 heavy (non-hydrogen) atoms. The molecule has 4 amide bonds. The number of aliphatic carboxylic acids is 1. The topological polar surface area (TPSA) is 180 Å². The van der Waals surface area contributed by atoms with E-state index in [2.05, 4.69) is 21.3 Å². The number of carboxylic acids is 1. The number of hydrogen-bond donors (Lipinski definition) is 6. The van der Waals surface area contributed by atoms with Gasteiger partial charge < -0.3 is 32.1 Å². The monoisotopic (exact) mass is 455 g/mol. The van der Waals surface area contributed by atoms with Crippen LogP contribution in [0.5, 0.6) is 0 Å². The molecule has 1 aliphatic heterocycles. The van der Waals surface area contributed by atoms with E-state index in [9.17, 15) is 29.1 Å². The number of primary amides is 1. The maximum atomic E-state index is 13.1. The fourth-order valence-electron chi connectivity index (χ4n) is 3.50. The first-order chi connectivity index (χ1) is 15.0. The molecule has 1 rings (SSSR count). The minimum absolute atomic E-state index is 0.00444. The van der Waals surface area contributed by atoms with E-state index < -0.39 is 48.2 Å². The van der Waals surface area contributed by atoms with Gasteiger partial charge in [-0.05, 0) is 37.6 Å². The Hall–Kier alpha value is -2.69. The molecule has 5 unspecified atom stereocenters. The molecule has 7 N–H and O–H groups in total. The van der Waals surface area contributed by atoms with E-state index in [1.165, 1.54) is 0 Å². The summed E-state index contributed by atoms with van der Waals surface area (Å²) in [5, 5.41) is 20.1. The van der Waals surface area contributed by atoms with Crippen LogP contribution in [0.25, 0.3) is 0 Å². The minimum atomic E-state index is -1.50. The van der Waals surface area contributed by atoms with Crippen LogP contribution in [0.4, 0.5) is 0 Å². The molecular weight excluding hydrogens is 418 g/mol. The van der Waals surface area contributed by atoms with E-state index in [1.54, 1.807) is 0 Å². The fourth-order valence-corrected chi connectivity index (χ4v) is 3.50. The molecule has 1 aliphatic rings. The Bertz CT molecular complexity index is 692. The number of nitrogens with one attached hydrogen (secondary N) is 4. The van der Waals surface area contributed by atoms with Crippen molar-refractivity contribution in [3.05, 3.63) is 0 Å². The number of amides is 4. The van der Waals surface area contributed by atoms with Crippen molar-refractivity contribution >= 4 is 29.6 Å². The minimum Gasteiger partial charge on any atom is -0.480 e. The Kier molecular flexibility index (Phi) is 11.1. The molecule has 0 aromatic rings.